The Bertz CT molecular complexity index is 1230. The highest BCUT2D eigenvalue weighted by Gasteiger charge is 2.45. The van der Waals surface area contributed by atoms with Gasteiger partial charge >= 0.3 is 0 Å². The Labute approximate surface area is 205 Å². The number of hydrogen-bond acceptors (Lipinski definition) is 5. The molecule has 6 nitrogen and oxygen atoms in total. The van der Waals surface area contributed by atoms with Gasteiger partial charge in [0.25, 0.3) is 11.7 Å². The molecule has 6 heteroatoms. The summed E-state index contributed by atoms with van der Waals surface area (Å²) in [4.78, 5) is 27.8. The Kier molecular flexibility index (Phi) is 7.51. The van der Waals surface area contributed by atoms with Gasteiger partial charge in [0, 0.05) is 12.1 Å². The van der Waals surface area contributed by atoms with Gasteiger partial charge in [-0.25, -0.2) is 0 Å². The van der Waals surface area contributed by atoms with E-state index in [9.17, 15) is 19.8 Å². The molecule has 1 aliphatic rings. The molecule has 1 atom stereocenters. The number of carbonyl (C=O) groups excluding carboxylic acids is 2. The number of phenolic OH excluding ortho intramolecular Hbond substituents is 1. The van der Waals surface area contributed by atoms with Gasteiger partial charge in [-0.1, -0.05) is 67.9 Å². The Morgan fingerprint density at radius 3 is 2.49 bits per heavy atom. The summed E-state index contributed by atoms with van der Waals surface area (Å²) < 4.78 is 5.75. The van der Waals surface area contributed by atoms with Crippen molar-refractivity contribution in [3.63, 3.8) is 0 Å². The smallest absolute Gasteiger partial charge is 0.295 e. The minimum atomic E-state index is -0.824. The summed E-state index contributed by atoms with van der Waals surface area (Å²) in [7, 11) is 0. The number of benzene rings is 3. The molecule has 0 aliphatic carbocycles. The van der Waals surface area contributed by atoms with E-state index in [1.807, 2.05) is 30.3 Å². The standard InChI is InChI=1S/C29H29NO5/c1-2-3-17-35-24-14-8-12-22(19-24)27(32)25-26(21-11-7-13-23(31)18-21)30(29(34)28(25)33)16-15-20-9-5-4-6-10-20/h4-14,18-19,26,31-32H,2-3,15-17H2,1H3/b27-25+. The second kappa shape index (κ2) is 10.9. The molecule has 1 aliphatic heterocycles. The van der Waals surface area contributed by atoms with E-state index < -0.39 is 17.7 Å². The van der Waals surface area contributed by atoms with Crippen LogP contribution in [0.5, 0.6) is 11.5 Å². The maximum atomic E-state index is 13.2. The van der Waals surface area contributed by atoms with Crippen LogP contribution in [0.1, 0.15) is 42.5 Å². The second-order valence-electron chi connectivity index (χ2n) is 8.55. The maximum Gasteiger partial charge on any atom is 0.295 e. The van der Waals surface area contributed by atoms with E-state index in [2.05, 4.69) is 6.92 Å². The van der Waals surface area contributed by atoms with E-state index >= 15 is 0 Å². The molecule has 1 amide bonds. The van der Waals surface area contributed by atoms with E-state index in [0.29, 0.717) is 29.9 Å². The van der Waals surface area contributed by atoms with Gasteiger partial charge in [0.05, 0.1) is 18.2 Å². The summed E-state index contributed by atoms with van der Waals surface area (Å²) in [5, 5.41) is 21.4. The van der Waals surface area contributed by atoms with E-state index in [-0.39, 0.29) is 23.6 Å². The van der Waals surface area contributed by atoms with E-state index in [1.54, 1.807) is 36.4 Å². The van der Waals surface area contributed by atoms with Crippen molar-refractivity contribution in [3.8, 4) is 11.5 Å². The molecule has 180 valence electrons. The summed E-state index contributed by atoms with van der Waals surface area (Å²) in [6, 6.07) is 22.2. The van der Waals surface area contributed by atoms with Crippen molar-refractivity contribution in [1.82, 2.24) is 4.90 Å². The zero-order valence-electron chi connectivity index (χ0n) is 19.7. The number of hydrogen-bond donors (Lipinski definition) is 2. The Balaban J connectivity index is 1.74. The average Bonchev–Trinajstić information content (AvgIpc) is 3.13. The number of aliphatic hydroxyl groups excluding tert-OH is 1. The summed E-state index contributed by atoms with van der Waals surface area (Å²) >= 11 is 0. The van der Waals surface area contributed by atoms with Crippen LogP contribution in [-0.2, 0) is 16.0 Å². The first-order valence-corrected chi connectivity index (χ1v) is 11.8. The SMILES string of the molecule is CCCCOc1cccc(/C(O)=C2\C(=O)C(=O)N(CCc3ccccc3)C2c2cccc(O)c2)c1. The third-order valence-corrected chi connectivity index (χ3v) is 6.08. The van der Waals surface area contributed by atoms with Gasteiger partial charge in [-0.2, -0.15) is 0 Å². The Morgan fingerprint density at radius 1 is 0.971 bits per heavy atom. The van der Waals surface area contributed by atoms with Crippen molar-refractivity contribution in [2.75, 3.05) is 13.2 Å². The third kappa shape index (κ3) is 5.38. The highest BCUT2D eigenvalue weighted by Crippen LogP contribution is 2.40. The maximum absolute atomic E-state index is 13.2. The number of Topliss-reactive ketones (excluding diaryl/α,β-unsaturated/α-hetero) is 1. The largest absolute Gasteiger partial charge is 0.508 e. The molecule has 3 aromatic rings. The second-order valence-corrected chi connectivity index (χ2v) is 8.55. The molecular formula is C29H29NO5. The molecule has 0 spiro atoms. The predicted octanol–water partition coefficient (Wildman–Crippen LogP) is 5.24. The molecule has 0 radical (unpaired) electrons. The van der Waals surface area contributed by atoms with E-state index in [4.69, 9.17) is 4.74 Å². The van der Waals surface area contributed by atoms with Crippen LogP contribution in [0, 0.1) is 0 Å². The number of aliphatic hydroxyl groups is 1. The quantitative estimate of drug-likeness (QED) is 0.193. The fourth-order valence-electron chi connectivity index (χ4n) is 4.27. The van der Waals surface area contributed by atoms with Gasteiger partial charge in [0.2, 0.25) is 0 Å². The lowest BCUT2D eigenvalue weighted by atomic mass is 9.95. The number of aromatic hydroxyl groups is 1. The van der Waals surface area contributed by atoms with Gasteiger partial charge in [-0.15, -0.1) is 0 Å². The normalized spacial score (nSPS) is 17.1. The van der Waals surface area contributed by atoms with Crippen molar-refractivity contribution in [2.45, 2.75) is 32.2 Å². The summed E-state index contributed by atoms with van der Waals surface area (Å²) in [5.74, 6) is -1.09. The number of amides is 1. The van der Waals surface area contributed by atoms with Crippen molar-refractivity contribution in [3.05, 3.63) is 101 Å². The molecule has 2 N–H and O–H groups in total. The zero-order chi connectivity index (χ0) is 24.8. The minimum absolute atomic E-state index is 0.000583. The van der Waals surface area contributed by atoms with Crippen LogP contribution in [-0.4, -0.2) is 40.0 Å². The molecule has 0 aromatic heterocycles. The van der Waals surface area contributed by atoms with E-state index in [0.717, 1.165) is 18.4 Å². The third-order valence-electron chi connectivity index (χ3n) is 6.08. The number of carbonyl (C=O) groups is 2. The van der Waals surface area contributed by atoms with Crippen molar-refractivity contribution >= 4 is 17.4 Å². The van der Waals surface area contributed by atoms with Crippen molar-refractivity contribution in [2.24, 2.45) is 0 Å². The molecule has 3 aromatic carbocycles. The number of phenols is 1. The molecule has 0 saturated carbocycles. The van der Waals surface area contributed by atoms with Gasteiger partial charge in [0.15, 0.2) is 0 Å². The highest BCUT2D eigenvalue weighted by molar-refractivity contribution is 6.46. The van der Waals surface area contributed by atoms with E-state index in [1.165, 1.54) is 17.0 Å². The van der Waals surface area contributed by atoms with Crippen LogP contribution >= 0.6 is 0 Å². The van der Waals surface area contributed by atoms with Crippen molar-refractivity contribution in [1.29, 1.82) is 0 Å². The van der Waals surface area contributed by atoms with Crippen LogP contribution in [0.25, 0.3) is 5.76 Å². The minimum Gasteiger partial charge on any atom is -0.508 e. The molecule has 35 heavy (non-hydrogen) atoms. The predicted molar refractivity (Wildman–Crippen MR) is 134 cm³/mol. The Morgan fingerprint density at radius 2 is 1.74 bits per heavy atom. The molecule has 1 heterocycles. The Hall–Kier alpha value is -4.06. The number of unbranched alkanes of at least 4 members (excludes halogenated alkanes) is 1. The lowest BCUT2D eigenvalue weighted by Gasteiger charge is -2.25. The molecule has 1 unspecified atom stereocenters. The first-order chi connectivity index (χ1) is 17.0. The van der Waals surface area contributed by atoms with Crippen LogP contribution < -0.4 is 4.74 Å². The lowest BCUT2D eigenvalue weighted by Crippen LogP contribution is -2.31. The first-order valence-electron chi connectivity index (χ1n) is 11.8. The van der Waals surface area contributed by atoms with Gasteiger partial charge in [0.1, 0.15) is 17.3 Å². The summed E-state index contributed by atoms with van der Waals surface area (Å²) in [6.07, 6.45) is 2.44. The molecule has 1 saturated heterocycles. The number of nitrogens with zero attached hydrogens (tertiary/aromatic N) is 1. The monoisotopic (exact) mass is 471 g/mol. The zero-order valence-corrected chi connectivity index (χ0v) is 19.7. The summed E-state index contributed by atoms with van der Waals surface area (Å²) in [5.41, 5.74) is 1.97. The number of ether oxygens (including phenoxy) is 1. The number of rotatable bonds is 9. The topological polar surface area (TPSA) is 87.1 Å². The average molecular weight is 472 g/mol. The van der Waals surface area contributed by atoms with Gasteiger partial charge in [-0.05, 0) is 48.2 Å². The molecule has 4 rings (SSSR count). The fourth-order valence-corrected chi connectivity index (χ4v) is 4.27. The molecular weight excluding hydrogens is 442 g/mol. The number of likely N-dealkylation sites (tertiary alicyclic amines) is 1. The fraction of sp³-hybridized carbons (Fsp3) is 0.241. The number of ketones is 1. The van der Waals surface area contributed by atoms with Crippen LogP contribution in [0.2, 0.25) is 0 Å². The van der Waals surface area contributed by atoms with Crippen LogP contribution in [0.4, 0.5) is 0 Å². The van der Waals surface area contributed by atoms with Gasteiger partial charge in [-0.3, -0.25) is 9.59 Å². The highest BCUT2D eigenvalue weighted by atomic mass is 16.5. The summed E-state index contributed by atoms with van der Waals surface area (Å²) in [6.45, 7) is 2.91. The van der Waals surface area contributed by atoms with Crippen LogP contribution in [0.3, 0.4) is 0 Å². The molecule has 1 fully saturated rings. The first kappa shape index (κ1) is 24.1. The lowest BCUT2D eigenvalue weighted by molar-refractivity contribution is -0.139. The van der Waals surface area contributed by atoms with Crippen molar-refractivity contribution < 1.29 is 24.5 Å². The molecule has 0 bridgehead atoms. The van der Waals surface area contributed by atoms with Crippen LogP contribution in [0.15, 0.2) is 84.4 Å². The van der Waals surface area contributed by atoms with Gasteiger partial charge < -0.3 is 19.8 Å².